The van der Waals surface area contributed by atoms with Crippen LogP contribution < -0.4 is 0 Å². The summed E-state index contributed by atoms with van der Waals surface area (Å²) in [5, 5.41) is 0. The molecule has 0 aliphatic carbocycles. The number of ketones is 1. The third-order valence-electron chi connectivity index (χ3n) is 3.31. The fourth-order valence-electron chi connectivity index (χ4n) is 2.29. The van der Waals surface area contributed by atoms with E-state index in [0.717, 1.165) is 11.1 Å². The van der Waals surface area contributed by atoms with Crippen LogP contribution in [0.4, 0.5) is 0 Å². The standard InChI is InChI=1S/C17H16O3/c18-16(11-13-5-2-1-3-6-13)14-7-4-8-15(12-14)17-19-9-10-20-17/h1-8,12,17H,9-11H2. The molecule has 20 heavy (non-hydrogen) atoms. The van der Waals surface area contributed by atoms with Crippen LogP contribution in [0, 0.1) is 0 Å². The maximum atomic E-state index is 12.3. The molecule has 0 atom stereocenters. The van der Waals surface area contributed by atoms with Gasteiger partial charge in [-0.1, -0.05) is 48.5 Å². The maximum Gasteiger partial charge on any atom is 0.184 e. The van der Waals surface area contributed by atoms with E-state index in [-0.39, 0.29) is 12.1 Å². The molecule has 2 aromatic carbocycles. The van der Waals surface area contributed by atoms with Crippen LogP contribution in [0.2, 0.25) is 0 Å². The Hall–Kier alpha value is -1.97. The van der Waals surface area contributed by atoms with E-state index in [1.807, 2.05) is 54.6 Å². The van der Waals surface area contributed by atoms with Gasteiger partial charge in [-0.05, 0) is 11.6 Å². The van der Waals surface area contributed by atoms with Gasteiger partial charge in [0.05, 0.1) is 13.2 Å². The lowest BCUT2D eigenvalue weighted by Gasteiger charge is -2.10. The molecule has 1 aliphatic heterocycles. The molecule has 3 nitrogen and oxygen atoms in total. The summed E-state index contributed by atoms with van der Waals surface area (Å²) >= 11 is 0. The van der Waals surface area contributed by atoms with Gasteiger partial charge in [-0.15, -0.1) is 0 Å². The largest absolute Gasteiger partial charge is 0.346 e. The molecule has 1 saturated heterocycles. The number of benzene rings is 2. The van der Waals surface area contributed by atoms with Crippen LogP contribution in [0.5, 0.6) is 0 Å². The first-order valence-electron chi connectivity index (χ1n) is 6.73. The zero-order valence-electron chi connectivity index (χ0n) is 11.1. The Morgan fingerprint density at radius 1 is 1.00 bits per heavy atom. The molecule has 3 heteroatoms. The fourth-order valence-corrected chi connectivity index (χ4v) is 2.29. The molecule has 1 aliphatic rings. The van der Waals surface area contributed by atoms with Gasteiger partial charge in [0.15, 0.2) is 12.1 Å². The normalized spacial score (nSPS) is 15.4. The van der Waals surface area contributed by atoms with E-state index in [0.29, 0.717) is 25.2 Å². The summed E-state index contributed by atoms with van der Waals surface area (Å²) < 4.78 is 10.9. The van der Waals surface area contributed by atoms with Gasteiger partial charge in [0.1, 0.15) is 0 Å². The monoisotopic (exact) mass is 268 g/mol. The zero-order chi connectivity index (χ0) is 13.8. The van der Waals surface area contributed by atoms with E-state index in [4.69, 9.17) is 9.47 Å². The summed E-state index contributed by atoms with van der Waals surface area (Å²) in [5.74, 6) is 0.107. The van der Waals surface area contributed by atoms with Gasteiger partial charge in [-0.25, -0.2) is 0 Å². The molecule has 1 fully saturated rings. The summed E-state index contributed by atoms with van der Waals surface area (Å²) in [5.41, 5.74) is 2.63. The Bertz CT molecular complexity index is 586. The Balaban J connectivity index is 1.76. The predicted molar refractivity (Wildman–Crippen MR) is 75.6 cm³/mol. The molecule has 3 rings (SSSR count). The highest BCUT2D eigenvalue weighted by atomic mass is 16.7. The summed E-state index contributed by atoms with van der Waals surface area (Å²) in [6.45, 7) is 1.21. The second-order valence-corrected chi connectivity index (χ2v) is 4.78. The Kier molecular flexibility index (Phi) is 3.90. The molecular formula is C17H16O3. The molecule has 1 heterocycles. The lowest BCUT2D eigenvalue weighted by molar-refractivity contribution is -0.0441. The van der Waals surface area contributed by atoms with Crippen LogP contribution in [0.15, 0.2) is 54.6 Å². The van der Waals surface area contributed by atoms with Crippen molar-refractivity contribution in [1.82, 2.24) is 0 Å². The van der Waals surface area contributed by atoms with E-state index in [2.05, 4.69) is 0 Å². The predicted octanol–water partition coefficient (Wildman–Crippen LogP) is 3.16. The van der Waals surface area contributed by atoms with Crippen molar-refractivity contribution < 1.29 is 14.3 Å². The molecule has 0 radical (unpaired) electrons. The molecular weight excluding hydrogens is 252 g/mol. The van der Waals surface area contributed by atoms with Gasteiger partial charge in [-0.2, -0.15) is 0 Å². The second kappa shape index (κ2) is 5.99. The summed E-state index contributed by atoms with van der Waals surface area (Å²) in [4.78, 5) is 12.3. The molecule has 102 valence electrons. The lowest BCUT2D eigenvalue weighted by Crippen LogP contribution is -2.05. The molecule has 0 saturated carbocycles. The molecule has 2 aromatic rings. The van der Waals surface area contributed by atoms with Crippen molar-refractivity contribution in [3.63, 3.8) is 0 Å². The third kappa shape index (κ3) is 2.95. The van der Waals surface area contributed by atoms with E-state index in [1.165, 1.54) is 0 Å². The SMILES string of the molecule is O=C(Cc1ccccc1)c1cccc(C2OCCO2)c1. The van der Waals surface area contributed by atoms with Gasteiger partial charge >= 0.3 is 0 Å². The first kappa shape index (κ1) is 13.0. The minimum atomic E-state index is -0.334. The highest BCUT2D eigenvalue weighted by molar-refractivity contribution is 5.97. The average molecular weight is 268 g/mol. The smallest absolute Gasteiger partial charge is 0.184 e. The van der Waals surface area contributed by atoms with E-state index >= 15 is 0 Å². The minimum absolute atomic E-state index is 0.107. The minimum Gasteiger partial charge on any atom is -0.346 e. The maximum absolute atomic E-state index is 12.3. The van der Waals surface area contributed by atoms with Gasteiger partial charge in [-0.3, -0.25) is 4.79 Å². The molecule has 0 N–H and O–H groups in total. The van der Waals surface area contributed by atoms with Crippen LogP contribution >= 0.6 is 0 Å². The summed E-state index contributed by atoms with van der Waals surface area (Å²) in [7, 11) is 0. The Labute approximate surface area is 118 Å². The van der Waals surface area contributed by atoms with Gasteiger partial charge in [0, 0.05) is 17.5 Å². The molecule has 0 bridgehead atoms. The van der Waals surface area contributed by atoms with Crippen molar-refractivity contribution in [2.45, 2.75) is 12.7 Å². The molecule has 0 amide bonds. The van der Waals surface area contributed by atoms with Crippen molar-refractivity contribution in [3.05, 3.63) is 71.3 Å². The average Bonchev–Trinajstić information content (AvgIpc) is 3.03. The van der Waals surface area contributed by atoms with Crippen molar-refractivity contribution in [2.75, 3.05) is 13.2 Å². The molecule has 0 unspecified atom stereocenters. The highest BCUT2D eigenvalue weighted by Crippen LogP contribution is 2.24. The highest BCUT2D eigenvalue weighted by Gasteiger charge is 2.19. The van der Waals surface area contributed by atoms with Crippen LogP contribution in [-0.4, -0.2) is 19.0 Å². The van der Waals surface area contributed by atoms with Crippen LogP contribution in [0.1, 0.15) is 27.8 Å². The first-order chi connectivity index (χ1) is 9.83. The summed E-state index contributed by atoms with van der Waals surface area (Å²) in [6.07, 6.45) is 0.0795. The zero-order valence-corrected chi connectivity index (χ0v) is 11.1. The molecule has 0 spiro atoms. The Morgan fingerprint density at radius 2 is 1.75 bits per heavy atom. The summed E-state index contributed by atoms with van der Waals surface area (Å²) in [6, 6.07) is 17.3. The fraction of sp³-hybridized carbons (Fsp3) is 0.235. The number of ether oxygens (including phenoxy) is 2. The van der Waals surface area contributed by atoms with Crippen LogP contribution in [-0.2, 0) is 15.9 Å². The van der Waals surface area contributed by atoms with Crippen LogP contribution in [0.3, 0.4) is 0 Å². The first-order valence-corrected chi connectivity index (χ1v) is 6.73. The quantitative estimate of drug-likeness (QED) is 0.799. The van der Waals surface area contributed by atoms with Crippen molar-refractivity contribution in [2.24, 2.45) is 0 Å². The molecule has 0 aromatic heterocycles. The van der Waals surface area contributed by atoms with Crippen molar-refractivity contribution in [3.8, 4) is 0 Å². The van der Waals surface area contributed by atoms with Crippen molar-refractivity contribution >= 4 is 5.78 Å². The number of rotatable bonds is 4. The lowest BCUT2D eigenvalue weighted by atomic mass is 10.0. The van der Waals surface area contributed by atoms with Gasteiger partial charge in [0.2, 0.25) is 0 Å². The van der Waals surface area contributed by atoms with E-state index in [1.54, 1.807) is 0 Å². The Morgan fingerprint density at radius 3 is 2.50 bits per heavy atom. The van der Waals surface area contributed by atoms with Crippen LogP contribution in [0.25, 0.3) is 0 Å². The topological polar surface area (TPSA) is 35.5 Å². The third-order valence-corrected chi connectivity index (χ3v) is 3.31. The second-order valence-electron chi connectivity index (χ2n) is 4.78. The number of carbonyl (C=O) groups is 1. The van der Waals surface area contributed by atoms with Gasteiger partial charge < -0.3 is 9.47 Å². The van der Waals surface area contributed by atoms with E-state index < -0.39 is 0 Å². The number of carbonyl (C=O) groups excluding carboxylic acids is 1. The van der Waals surface area contributed by atoms with E-state index in [9.17, 15) is 4.79 Å². The number of hydrogen-bond acceptors (Lipinski definition) is 3. The van der Waals surface area contributed by atoms with Gasteiger partial charge in [0.25, 0.3) is 0 Å². The number of hydrogen-bond donors (Lipinski definition) is 0. The van der Waals surface area contributed by atoms with Crippen molar-refractivity contribution in [1.29, 1.82) is 0 Å². The number of Topliss-reactive ketones (excluding diaryl/α,β-unsaturated/α-hetero) is 1.